The van der Waals surface area contributed by atoms with Crippen molar-refractivity contribution in [1.29, 1.82) is 0 Å². The number of aliphatic hydroxyl groups is 1. The van der Waals surface area contributed by atoms with Gasteiger partial charge in [-0.1, -0.05) is 12.8 Å². The molecule has 0 spiro atoms. The molecular formula is C12H24N2O. The third-order valence-electron chi connectivity index (χ3n) is 3.57. The summed E-state index contributed by atoms with van der Waals surface area (Å²) in [5.41, 5.74) is 0. The first kappa shape index (κ1) is 11.4. The van der Waals surface area contributed by atoms with Gasteiger partial charge in [0.15, 0.2) is 0 Å². The maximum absolute atomic E-state index is 9.04. The molecule has 2 N–H and O–H groups in total. The fourth-order valence-corrected chi connectivity index (χ4v) is 2.53. The van der Waals surface area contributed by atoms with E-state index in [-0.39, 0.29) is 0 Å². The molecule has 1 aliphatic carbocycles. The average molecular weight is 212 g/mol. The van der Waals surface area contributed by atoms with Crippen LogP contribution in [0.3, 0.4) is 0 Å². The Bertz CT molecular complexity index is 174. The molecule has 88 valence electrons. The zero-order chi connectivity index (χ0) is 10.5. The summed E-state index contributed by atoms with van der Waals surface area (Å²) in [5, 5.41) is 12.7. The molecule has 2 fully saturated rings. The third kappa shape index (κ3) is 3.74. The molecule has 2 rings (SSSR count). The van der Waals surface area contributed by atoms with Gasteiger partial charge in [-0.15, -0.1) is 0 Å². The van der Waals surface area contributed by atoms with Gasteiger partial charge in [0.2, 0.25) is 0 Å². The van der Waals surface area contributed by atoms with E-state index >= 15 is 0 Å². The van der Waals surface area contributed by atoms with Gasteiger partial charge in [-0.05, 0) is 32.2 Å². The Kier molecular flexibility index (Phi) is 4.42. The van der Waals surface area contributed by atoms with Crippen LogP contribution < -0.4 is 5.32 Å². The smallest absolute Gasteiger partial charge is 0.0558 e. The van der Waals surface area contributed by atoms with Crippen molar-refractivity contribution in [3.8, 4) is 0 Å². The predicted molar refractivity (Wildman–Crippen MR) is 61.9 cm³/mol. The molecule has 0 radical (unpaired) electrons. The maximum atomic E-state index is 9.04. The Morgan fingerprint density at radius 1 is 1.13 bits per heavy atom. The van der Waals surface area contributed by atoms with Crippen LogP contribution in [-0.2, 0) is 0 Å². The van der Waals surface area contributed by atoms with Crippen molar-refractivity contribution in [1.82, 2.24) is 10.2 Å². The minimum atomic E-state index is 0.309. The number of nitrogens with zero attached hydrogens (tertiary/aromatic N) is 1. The zero-order valence-corrected chi connectivity index (χ0v) is 9.62. The molecule has 1 atom stereocenters. The van der Waals surface area contributed by atoms with Gasteiger partial charge in [-0.3, -0.25) is 4.90 Å². The van der Waals surface area contributed by atoms with Crippen LogP contribution in [0.5, 0.6) is 0 Å². The van der Waals surface area contributed by atoms with E-state index in [4.69, 9.17) is 5.11 Å². The predicted octanol–water partition coefficient (Wildman–Crippen LogP) is 0.975. The minimum absolute atomic E-state index is 0.309. The van der Waals surface area contributed by atoms with E-state index in [1.165, 1.54) is 45.1 Å². The van der Waals surface area contributed by atoms with Crippen molar-refractivity contribution in [3.05, 3.63) is 0 Å². The van der Waals surface area contributed by atoms with E-state index in [1.54, 1.807) is 0 Å². The van der Waals surface area contributed by atoms with Crippen molar-refractivity contribution >= 4 is 0 Å². The van der Waals surface area contributed by atoms with E-state index in [0.29, 0.717) is 12.6 Å². The first-order valence-corrected chi connectivity index (χ1v) is 6.48. The maximum Gasteiger partial charge on any atom is 0.0558 e. The van der Waals surface area contributed by atoms with Crippen LogP contribution in [0.2, 0.25) is 0 Å². The number of hydrogen-bond donors (Lipinski definition) is 2. The largest absolute Gasteiger partial charge is 0.395 e. The number of hydrogen-bond acceptors (Lipinski definition) is 3. The quantitative estimate of drug-likeness (QED) is 0.713. The van der Waals surface area contributed by atoms with Gasteiger partial charge >= 0.3 is 0 Å². The first-order chi connectivity index (χ1) is 7.40. The summed E-state index contributed by atoms with van der Waals surface area (Å²) in [6.45, 7) is 3.50. The lowest BCUT2D eigenvalue weighted by Crippen LogP contribution is -2.42. The van der Waals surface area contributed by atoms with Crippen LogP contribution in [0, 0.1) is 0 Å². The molecule has 0 aromatic carbocycles. The van der Waals surface area contributed by atoms with Gasteiger partial charge in [-0.25, -0.2) is 0 Å². The summed E-state index contributed by atoms with van der Waals surface area (Å²) in [4.78, 5) is 2.48. The highest BCUT2D eigenvalue weighted by atomic mass is 16.3. The molecule has 2 aliphatic rings. The second kappa shape index (κ2) is 5.83. The molecular weight excluding hydrogens is 188 g/mol. The molecule has 3 nitrogen and oxygen atoms in total. The van der Waals surface area contributed by atoms with E-state index in [1.807, 2.05) is 0 Å². The van der Waals surface area contributed by atoms with Crippen molar-refractivity contribution in [2.75, 3.05) is 26.2 Å². The molecule has 15 heavy (non-hydrogen) atoms. The molecule has 3 heteroatoms. The normalized spacial score (nSPS) is 28.0. The molecule has 0 aromatic rings. The number of rotatable bonds is 5. The second-order valence-corrected chi connectivity index (χ2v) is 4.95. The van der Waals surface area contributed by atoms with Gasteiger partial charge in [0.05, 0.1) is 6.61 Å². The third-order valence-corrected chi connectivity index (χ3v) is 3.57. The van der Waals surface area contributed by atoms with Crippen LogP contribution in [0.1, 0.15) is 38.5 Å². The van der Waals surface area contributed by atoms with Gasteiger partial charge in [0, 0.05) is 25.2 Å². The molecule has 0 aromatic heterocycles. The molecule has 0 amide bonds. The van der Waals surface area contributed by atoms with Crippen molar-refractivity contribution < 1.29 is 5.11 Å². The fourth-order valence-electron chi connectivity index (χ4n) is 2.53. The lowest BCUT2D eigenvalue weighted by atomic mass is 10.1. The highest BCUT2D eigenvalue weighted by Crippen LogP contribution is 2.27. The Labute approximate surface area is 92.8 Å². The fraction of sp³-hybridized carbons (Fsp3) is 1.00. The molecule has 1 unspecified atom stereocenters. The summed E-state index contributed by atoms with van der Waals surface area (Å²) in [5.74, 6) is 0. The monoisotopic (exact) mass is 212 g/mol. The highest BCUT2D eigenvalue weighted by Gasteiger charge is 2.30. The summed E-state index contributed by atoms with van der Waals surface area (Å²) in [7, 11) is 0. The second-order valence-electron chi connectivity index (χ2n) is 4.95. The number of nitrogens with one attached hydrogen (secondary N) is 1. The molecule has 1 saturated carbocycles. The lowest BCUT2D eigenvalue weighted by molar-refractivity contribution is 0.173. The molecule has 1 heterocycles. The SMILES string of the molecule is OCCN(CC1CCCCCN1)C1CC1. The van der Waals surface area contributed by atoms with Crippen LogP contribution in [0.25, 0.3) is 0 Å². The molecule has 1 saturated heterocycles. The summed E-state index contributed by atoms with van der Waals surface area (Å²) in [6.07, 6.45) is 8.08. The van der Waals surface area contributed by atoms with E-state index in [2.05, 4.69) is 10.2 Å². The minimum Gasteiger partial charge on any atom is -0.395 e. The van der Waals surface area contributed by atoms with Crippen LogP contribution >= 0.6 is 0 Å². The Hall–Kier alpha value is -0.120. The summed E-state index contributed by atoms with van der Waals surface area (Å²) >= 11 is 0. The zero-order valence-electron chi connectivity index (χ0n) is 9.62. The Morgan fingerprint density at radius 2 is 2.00 bits per heavy atom. The molecule has 1 aliphatic heterocycles. The van der Waals surface area contributed by atoms with Crippen LogP contribution in [-0.4, -0.2) is 48.3 Å². The van der Waals surface area contributed by atoms with Gasteiger partial charge in [0.25, 0.3) is 0 Å². The van der Waals surface area contributed by atoms with Gasteiger partial charge < -0.3 is 10.4 Å². The van der Waals surface area contributed by atoms with Crippen molar-refractivity contribution in [2.45, 2.75) is 50.6 Å². The van der Waals surface area contributed by atoms with Gasteiger partial charge in [-0.2, -0.15) is 0 Å². The van der Waals surface area contributed by atoms with E-state index < -0.39 is 0 Å². The van der Waals surface area contributed by atoms with Crippen LogP contribution in [0.4, 0.5) is 0 Å². The van der Waals surface area contributed by atoms with E-state index in [0.717, 1.165) is 19.1 Å². The van der Waals surface area contributed by atoms with Crippen LogP contribution in [0.15, 0.2) is 0 Å². The Balaban J connectivity index is 1.75. The van der Waals surface area contributed by atoms with E-state index in [9.17, 15) is 0 Å². The van der Waals surface area contributed by atoms with Crippen molar-refractivity contribution in [2.24, 2.45) is 0 Å². The summed E-state index contributed by atoms with van der Waals surface area (Å²) < 4.78 is 0. The topological polar surface area (TPSA) is 35.5 Å². The molecule has 0 bridgehead atoms. The average Bonchev–Trinajstić information content (AvgIpc) is 3.05. The highest BCUT2D eigenvalue weighted by molar-refractivity contribution is 4.87. The first-order valence-electron chi connectivity index (χ1n) is 6.48. The standard InChI is InChI=1S/C12H24N2O/c15-9-8-14(12-5-6-12)10-11-4-2-1-3-7-13-11/h11-13,15H,1-10H2. The van der Waals surface area contributed by atoms with Gasteiger partial charge in [0.1, 0.15) is 0 Å². The number of aliphatic hydroxyl groups excluding tert-OH is 1. The van der Waals surface area contributed by atoms with Crippen molar-refractivity contribution in [3.63, 3.8) is 0 Å². The summed E-state index contributed by atoms with van der Waals surface area (Å²) in [6, 6.07) is 1.45. The Morgan fingerprint density at radius 3 is 2.73 bits per heavy atom. The lowest BCUT2D eigenvalue weighted by Gasteiger charge is -2.26.